The van der Waals surface area contributed by atoms with Crippen molar-refractivity contribution in [1.29, 1.82) is 0 Å². The third-order valence-corrected chi connectivity index (χ3v) is 7.03. The van der Waals surface area contributed by atoms with Crippen LogP contribution in [0.5, 0.6) is 0 Å². The summed E-state index contributed by atoms with van der Waals surface area (Å²) in [6.45, 7) is 6.50. The molecule has 1 saturated heterocycles. The van der Waals surface area contributed by atoms with Crippen molar-refractivity contribution in [1.82, 2.24) is 10.2 Å². The lowest BCUT2D eigenvalue weighted by Crippen LogP contribution is -2.45. The van der Waals surface area contributed by atoms with E-state index in [0.717, 1.165) is 11.1 Å². The second-order valence-electron chi connectivity index (χ2n) is 10.1. The van der Waals surface area contributed by atoms with Crippen LogP contribution in [0.1, 0.15) is 50.7 Å². The third-order valence-electron chi connectivity index (χ3n) is 7.03. The summed E-state index contributed by atoms with van der Waals surface area (Å²) in [7, 11) is 0. The Hall–Kier alpha value is -3.35. The third kappa shape index (κ3) is 4.93. The maximum absolute atomic E-state index is 12.6. The van der Waals surface area contributed by atoms with Crippen LogP contribution in [0, 0.1) is 11.8 Å². The molecule has 180 valence electrons. The van der Waals surface area contributed by atoms with Gasteiger partial charge in [0, 0.05) is 31.0 Å². The Morgan fingerprint density at radius 2 is 1.62 bits per heavy atom. The lowest BCUT2D eigenvalue weighted by atomic mass is 9.98. The molecule has 4 rings (SSSR count). The first kappa shape index (κ1) is 23.8. The van der Waals surface area contributed by atoms with Crippen LogP contribution in [-0.4, -0.2) is 53.2 Å². The molecule has 0 bridgehead atoms. The summed E-state index contributed by atoms with van der Waals surface area (Å²) in [6.07, 6.45) is 0.147. The summed E-state index contributed by atoms with van der Waals surface area (Å²) >= 11 is 0. The van der Waals surface area contributed by atoms with Gasteiger partial charge in [-0.3, -0.25) is 9.59 Å². The van der Waals surface area contributed by atoms with E-state index in [-0.39, 0.29) is 37.3 Å². The lowest BCUT2D eigenvalue weighted by molar-refractivity contribution is -0.142. The van der Waals surface area contributed by atoms with Crippen LogP contribution in [0.4, 0.5) is 4.79 Å². The molecular formula is C27H32N2O5. The zero-order chi connectivity index (χ0) is 24.5. The number of carboxylic acids is 1. The number of alkyl carbamates (subject to hydrolysis) is 1. The van der Waals surface area contributed by atoms with Gasteiger partial charge in [0.1, 0.15) is 6.61 Å². The molecule has 1 aliphatic heterocycles. The maximum atomic E-state index is 12.6. The molecule has 34 heavy (non-hydrogen) atoms. The number of aliphatic carboxylic acids is 1. The van der Waals surface area contributed by atoms with Crippen LogP contribution in [0.2, 0.25) is 0 Å². The lowest BCUT2D eigenvalue weighted by Gasteiger charge is -2.27. The van der Waals surface area contributed by atoms with Gasteiger partial charge in [0.15, 0.2) is 0 Å². The van der Waals surface area contributed by atoms with E-state index >= 15 is 0 Å². The van der Waals surface area contributed by atoms with Crippen molar-refractivity contribution in [3.63, 3.8) is 0 Å². The Bertz CT molecular complexity index is 1050. The molecule has 0 aromatic heterocycles. The van der Waals surface area contributed by atoms with Crippen LogP contribution >= 0.6 is 0 Å². The quantitative estimate of drug-likeness (QED) is 0.638. The Morgan fingerprint density at radius 1 is 1.03 bits per heavy atom. The standard InChI is InChI=1S/C27H32N2O5/c1-17-14-29(15-22(17)25(31)32)24(30)12-13-27(2,3)28-26(33)34-16-23-20-10-6-4-8-18(20)19-9-5-7-11-21(19)23/h4-11,17,22-23H,12-16H2,1-3H3,(H,28,33)(H,31,32). The molecule has 1 fully saturated rings. The highest BCUT2D eigenvalue weighted by Gasteiger charge is 2.37. The van der Waals surface area contributed by atoms with Crippen molar-refractivity contribution in [3.8, 4) is 11.1 Å². The SMILES string of the molecule is CC1CN(C(=O)CCC(C)(C)NC(=O)OCC2c3ccccc3-c3ccccc32)CC1C(=O)O. The number of benzene rings is 2. The van der Waals surface area contributed by atoms with Crippen molar-refractivity contribution in [2.45, 2.75) is 45.1 Å². The molecule has 1 heterocycles. The fourth-order valence-corrected chi connectivity index (χ4v) is 5.04. The smallest absolute Gasteiger partial charge is 0.407 e. The van der Waals surface area contributed by atoms with E-state index in [1.807, 2.05) is 45.0 Å². The normalized spacial score (nSPS) is 19.4. The molecule has 2 unspecified atom stereocenters. The molecule has 0 saturated carbocycles. The van der Waals surface area contributed by atoms with Crippen LogP contribution in [-0.2, 0) is 14.3 Å². The van der Waals surface area contributed by atoms with Gasteiger partial charge in [-0.2, -0.15) is 0 Å². The van der Waals surface area contributed by atoms with Gasteiger partial charge in [-0.1, -0.05) is 55.5 Å². The maximum Gasteiger partial charge on any atom is 0.407 e. The summed E-state index contributed by atoms with van der Waals surface area (Å²) < 4.78 is 5.63. The number of carbonyl (C=O) groups excluding carboxylic acids is 2. The Labute approximate surface area is 200 Å². The van der Waals surface area contributed by atoms with Gasteiger partial charge < -0.3 is 20.1 Å². The van der Waals surface area contributed by atoms with E-state index in [1.165, 1.54) is 11.1 Å². The van der Waals surface area contributed by atoms with E-state index in [9.17, 15) is 19.5 Å². The number of likely N-dealkylation sites (tertiary alicyclic amines) is 1. The first-order valence-corrected chi connectivity index (χ1v) is 11.8. The van der Waals surface area contributed by atoms with E-state index in [1.54, 1.807) is 4.90 Å². The van der Waals surface area contributed by atoms with Gasteiger partial charge in [-0.25, -0.2) is 4.79 Å². The number of amides is 2. The number of nitrogens with one attached hydrogen (secondary N) is 1. The second kappa shape index (κ2) is 9.49. The van der Waals surface area contributed by atoms with Crippen molar-refractivity contribution in [2.75, 3.05) is 19.7 Å². The average molecular weight is 465 g/mol. The predicted molar refractivity (Wildman–Crippen MR) is 128 cm³/mol. The largest absolute Gasteiger partial charge is 0.481 e. The number of hydrogen-bond acceptors (Lipinski definition) is 4. The first-order chi connectivity index (χ1) is 16.2. The number of carbonyl (C=O) groups is 3. The van der Waals surface area contributed by atoms with Crippen LogP contribution in [0.15, 0.2) is 48.5 Å². The average Bonchev–Trinajstić information content (AvgIpc) is 3.34. The van der Waals surface area contributed by atoms with Gasteiger partial charge in [0.2, 0.25) is 5.91 Å². The molecule has 2 amide bonds. The summed E-state index contributed by atoms with van der Waals surface area (Å²) in [4.78, 5) is 38.2. The molecule has 7 heteroatoms. The van der Waals surface area contributed by atoms with Crippen LogP contribution < -0.4 is 5.32 Å². The monoisotopic (exact) mass is 464 g/mol. The molecule has 2 aromatic rings. The summed E-state index contributed by atoms with van der Waals surface area (Å²) in [5.41, 5.74) is 4.01. The van der Waals surface area contributed by atoms with Crippen molar-refractivity contribution < 1.29 is 24.2 Å². The Kier molecular flexibility index (Phi) is 6.64. The number of rotatable bonds is 7. The molecule has 2 N–H and O–H groups in total. The van der Waals surface area contributed by atoms with Gasteiger partial charge in [0.05, 0.1) is 5.92 Å². The van der Waals surface area contributed by atoms with E-state index in [0.29, 0.717) is 13.0 Å². The number of fused-ring (bicyclic) bond motifs is 3. The fourth-order valence-electron chi connectivity index (χ4n) is 5.04. The number of ether oxygens (including phenoxy) is 1. The second-order valence-corrected chi connectivity index (χ2v) is 10.1. The summed E-state index contributed by atoms with van der Waals surface area (Å²) in [6, 6.07) is 16.4. The highest BCUT2D eigenvalue weighted by molar-refractivity contribution is 5.80. The minimum absolute atomic E-state index is 0.0119. The van der Waals surface area contributed by atoms with Crippen molar-refractivity contribution in [3.05, 3.63) is 59.7 Å². The predicted octanol–water partition coefficient (Wildman–Crippen LogP) is 4.26. The molecule has 0 radical (unpaired) electrons. The minimum Gasteiger partial charge on any atom is -0.481 e. The number of hydrogen-bond donors (Lipinski definition) is 2. The molecular weight excluding hydrogens is 432 g/mol. The Morgan fingerprint density at radius 3 is 2.18 bits per heavy atom. The Balaban J connectivity index is 1.29. The highest BCUT2D eigenvalue weighted by atomic mass is 16.5. The van der Waals surface area contributed by atoms with Gasteiger partial charge >= 0.3 is 12.1 Å². The van der Waals surface area contributed by atoms with Gasteiger partial charge in [0.25, 0.3) is 0 Å². The molecule has 7 nitrogen and oxygen atoms in total. The van der Waals surface area contributed by atoms with Crippen molar-refractivity contribution >= 4 is 18.0 Å². The van der Waals surface area contributed by atoms with Crippen LogP contribution in [0.3, 0.4) is 0 Å². The van der Waals surface area contributed by atoms with Gasteiger partial charge in [-0.15, -0.1) is 0 Å². The first-order valence-electron chi connectivity index (χ1n) is 11.8. The zero-order valence-corrected chi connectivity index (χ0v) is 19.9. The fraction of sp³-hybridized carbons (Fsp3) is 0.444. The summed E-state index contributed by atoms with van der Waals surface area (Å²) in [5, 5.41) is 12.2. The molecule has 2 atom stereocenters. The molecule has 2 aromatic carbocycles. The number of nitrogens with zero attached hydrogens (tertiary/aromatic N) is 1. The van der Waals surface area contributed by atoms with E-state index in [4.69, 9.17) is 4.74 Å². The minimum atomic E-state index is -0.861. The van der Waals surface area contributed by atoms with E-state index in [2.05, 4.69) is 29.6 Å². The zero-order valence-electron chi connectivity index (χ0n) is 19.9. The molecule has 1 aliphatic carbocycles. The van der Waals surface area contributed by atoms with Gasteiger partial charge in [-0.05, 0) is 48.4 Å². The molecule has 0 spiro atoms. The highest BCUT2D eigenvalue weighted by Crippen LogP contribution is 2.44. The number of carboxylic acid groups (broad SMARTS) is 1. The van der Waals surface area contributed by atoms with Crippen molar-refractivity contribution in [2.24, 2.45) is 11.8 Å². The van der Waals surface area contributed by atoms with Crippen LogP contribution in [0.25, 0.3) is 11.1 Å². The van der Waals surface area contributed by atoms with E-state index < -0.39 is 23.5 Å². The topological polar surface area (TPSA) is 95.9 Å². The summed E-state index contributed by atoms with van der Waals surface area (Å²) in [5.74, 6) is -1.54. The molecule has 2 aliphatic rings.